The molecule has 1 aromatic carbocycles. The number of carbonyl (C=O) groups excluding carboxylic acids is 2. The van der Waals surface area contributed by atoms with Gasteiger partial charge in [-0.25, -0.2) is 0 Å². The Morgan fingerprint density at radius 1 is 1.33 bits per heavy atom. The second-order valence-corrected chi connectivity index (χ2v) is 7.02. The van der Waals surface area contributed by atoms with Crippen LogP contribution in [0, 0.1) is 11.3 Å². The summed E-state index contributed by atoms with van der Waals surface area (Å²) >= 11 is 0. The number of ether oxygens (including phenoxy) is 2. The van der Waals surface area contributed by atoms with Crippen molar-refractivity contribution >= 4 is 17.5 Å². The second-order valence-electron chi connectivity index (χ2n) is 7.02. The van der Waals surface area contributed by atoms with Crippen molar-refractivity contribution in [2.75, 3.05) is 32.2 Å². The summed E-state index contributed by atoms with van der Waals surface area (Å²) < 4.78 is 10.6. The smallest absolute Gasteiger partial charge is 0.229 e. The van der Waals surface area contributed by atoms with E-state index in [0.29, 0.717) is 26.2 Å². The fourth-order valence-electron chi connectivity index (χ4n) is 2.38. The molecule has 6 heteroatoms. The molecule has 1 aromatic rings. The molecular weight excluding hydrogens is 308 g/mol. The molecule has 0 spiro atoms. The predicted octanol–water partition coefficient (Wildman–Crippen LogP) is 1.98. The number of methoxy groups -OCH3 is 1. The van der Waals surface area contributed by atoms with E-state index in [2.05, 4.69) is 10.6 Å². The average Bonchev–Trinajstić information content (AvgIpc) is 2.53. The van der Waals surface area contributed by atoms with Gasteiger partial charge in [0, 0.05) is 24.8 Å². The van der Waals surface area contributed by atoms with Gasteiger partial charge < -0.3 is 20.1 Å². The van der Waals surface area contributed by atoms with Crippen LogP contribution in [0.4, 0.5) is 5.69 Å². The van der Waals surface area contributed by atoms with E-state index in [-0.39, 0.29) is 17.7 Å². The number of rotatable bonds is 5. The lowest BCUT2D eigenvalue weighted by Gasteiger charge is -2.25. The molecule has 2 amide bonds. The van der Waals surface area contributed by atoms with Crippen molar-refractivity contribution in [1.29, 1.82) is 0 Å². The number of nitrogens with one attached hydrogen (secondary N) is 2. The molecule has 24 heavy (non-hydrogen) atoms. The van der Waals surface area contributed by atoms with Crippen molar-refractivity contribution in [3.8, 4) is 5.75 Å². The highest BCUT2D eigenvalue weighted by Gasteiger charge is 2.27. The summed E-state index contributed by atoms with van der Waals surface area (Å²) in [6, 6.07) is 5.54. The van der Waals surface area contributed by atoms with Gasteiger partial charge in [-0.15, -0.1) is 0 Å². The highest BCUT2D eigenvalue weighted by atomic mass is 16.5. The first kappa shape index (κ1) is 18.3. The van der Waals surface area contributed by atoms with Gasteiger partial charge in [0.1, 0.15) is 12.4 Å². The summed E-state index contributed by atoms with van der Waals surface area (Å²) in [5.74, 6) is 0.447. The third-order valence-electron chi connectivity index (χ3n) is 3.88. The molecule has 0 radical (unpaired) electrons. The van der Waals surface area contributed by atoms with Crippen molar-refractivity contribution in [3.05, 3.63) is 23.8 Å². The van der Waals surface area contributed by atoms with E-state index in [4.69, 9.17) is 9.47 Å². The monoisotopic (exact) mass is 334 g/mol. The van der Waals surface area contributed by atoms with Crippen LogP contribution in [0.5, 0.6) is 5.75 Å². The molecule has 6 nitrogen and oxygen atoms in total. The number of fused-ring (bicyclic) bond motifs is 1. The first-order valence-corrected chi connectivity index (χ1v) is 8.15. The lowest BCUT2D eigenvalue weighted by atomic mass is 9.94. The van der Waals surface area contributed by atoms with Crippen LogP contribution in [0.25, 0.3) is 0 Å². The summed E-state index contributed by atoms with van der Waals surface area (Å²) in [5.41, 5.74) is 1.19. The topological polar surface area (TPSA) is 76.7 Å². The van der Waals surface area contributed by atoms with Gasteiger partial charge in [0.25, 0.3) is 0 Å². The molecule has 0 saturated carbocycles. The first-order chi connectivity index (χ1) is 11.3. The van der Waals surface area contributed by atoms with E-state index in [1.807, 2.05) is 39.0 Å². The molecule has 1 atom stereocenters. The van der Waals surface area contributed by atoms with E-state index in [1.165, 1.54) is 0 Å². The molecular formula is C18H26N2O4. The van der Waals surface area contributed by atoms with Crippen molar-refractivity contribution in [1.82, 2.24) is 5.32 Å². The Labute approximate surface area is 142 Å². The van der Waals surface area contributed by atoms with Crippen LogP contribution in [0.15, 0.2) is 18.2 Å². The zero-order valence-corrected chi connectivity index (χ0v) is 14.8. The van der Waals surface area contributed by atoms with E-state index in [0.717, 1.165) is 17.0 Å². The molecule has 0 aromatic heterocycles. The van der Waals surface area contributed by atoms with Crippen LogP contribution in [-0.2, 0) is 20.7 Å². The number of amides is 2. The van der Waals surface area contributed by atoms with Gasteiger partial charge in [0.15, 0.2) is 0 Å². The quantitative estimate of drug-likeness (QED) is 0.807. The van der Waals surface area contributed by atoms with E-state index in [1.54, 1.807) is 7.11 Å². The van der Waals surface area contributed by atoms with Gasteiger partial charge >= 0.3 is 0 Å². The van der Waals surface area contributed by atoms with Crippen LogP contribution in [0.1, 0.15) is 26.3 Å². The van der Waals surface area contributed by atoms with Crippen molar-refractivity contribution in [2.24, 2.45) is 11.3 Å². The highest BCUT2D eigenvalue weighted by molar-refractivity contribution is 5.94. The average molecular weight is 334 g/mol. The Kier molecular flexibility index (Phi) is 5.83. The molecule has 1 aliphatic heterocycles. The molecule has 2 N–H and O–H groups in total. The Balaban J connectivity index is 2.03. The second kappa shape index (κ2) is 7.66. The highest BCUT2D eigenvalue weighted by Crippen LogP contribution is 2.30. The Bertz CT molecular complexity index is 608. The summed E-state index contributed by atoms with van der Waals surface area (Å²) in [6.07, 6.45) is 0.591. The lowest BCUT2D eigenvalue weighted by molar-refractivity contribution is -0.126. The lowest BCUT2D eigenvalue weighted by Crippen LogP contribution is -2.38. The van der Waals surface area contributed by atoms with Gasteiger partial charge in [0.2, 0.25) is 11.8 Å². The molecule has 2 rings (SSSR count). The minimum atomic E-state index is -0.462. The summed E-state index contributed by atoms with van der Waals surface area (Å²) in [6.45, 7) is 6.93. The van der Waals surface area contributed by atoms with Crippen LogP contribution < -0.4 is 15.4 Å². The molecule has 0 aliphatic carbocycles. The number of benzene rings is 1. The summed E-state index contributed by atoms with van der Waals surface area (Å²) in [5, 5.41) is 5.74. The molecule has 1 aliphatic rings. The van der Waals surface area contributed by atoms with Gasteiger partial charge in [0.05, 0.1) is 12.5 Å². The fourth-order valence-corrected chi connectivity index (χ4v) is 2.38. The van der Waals surface area contributed by atoms with Gasteiger partial charge in [-0.05, 0) is 30.2 Å². The zero-order chi connectivity index (χ0) is 17.7. The number of anilines is 1. The van der Waals surface area contributed by atoms with Crippen LogP contribution in [-0.4, -0.2) is 38.7 Å². The largest absolute Gasteiger partial charge is 0.492 e. The van der Waals surface area contributed by atoms with E-state index >= 15 is 0 Å². The van der Waals surface area contributed by atoms with Crippen molar-refractivity contribution < 1.29 is 19.1 Å². The minimum Gasteiger partial charge on any atom is -0.492 e. The van der Waals surface area contributed by atoms with Gasteiger partial charge in [-0.1, -0.05) is 20.8 Å². The maximum absolute atomic E-state index is 12.2. The molecule has 0 saturated heterocycles. The van der Waals surface area contributed by atoms with Crippen LogP contribution >= 0.6 is 0 Å². The summed E-state index contributed by atoms with van der Waals surface area (Å²) in [4.78, 5) is 24.3. The minimum absolute atomic E-state index is 0.0400. The molecule has 0 fully saturated rings. The number of hydrogen-bond donors (Lipinski definition) is 2. The normalized spacial score (nSPS) is 16.8. The Hall–Kier alpha value is -2.08. The van der Waals surface area contributed by atoms with Crippen LogP contribution in [0.2, 0.25) is 0 Å². The predicted molar refractivity (Wildman–Crippen MR) is 92.1 cm³/mol. The fraction of sp³-hybridized carbons (Fsp3) is 0.556. The molecule has 0 bridgehead atoms. The Morgan fingerprint density at radius 3 is 2.75 bits per heavy atom. The van der Waals surface area contributed by atoms with Gasteiger partial charge in [-0.3, -0.25) is 9.59 Å². The number of carbonyl (C=O) groups is 2. The SMILES string of the molecule is COCCNC(=O)C1COc2ccc(NC(=O)C(C)(C)C)cc2C1. The number of hydrogen-bond acceptors (Lipinski definition) is 4. The third-order valence-corrected chi connectivity index (χ3v) is 3.88. The van der Waals surface area contributed by atoms with Gasteiger partial charge in [-0.2, -0.15) is 0 Å². The maximum atomic E-state index is 12.2. The molecule has 1 unspecified atom stereocenters. The van der Waals surface area contributed by atoms with Crippen LogP contribution in [0.3, 0.4) is 0 Å². The summed E-state index contributed by atoms with van der Waals surface area (Å²) in [7, 11) is 1.60. The standard InChI is InChI=1S/C18H26N2O4/c1-18(2,3)17(22)20-14-5-6-15-12(10-14)9-13(11-24-15)16(21)19-7-8-23-4/h5-6,10,13H,7-9,11H2,1-4H3,(H,19,21)(H,20,22). The Morgan fingerprint density at radius 2 is 2.08 bits per heavy atom. The van der Waals surface area contributed by atoms with E-state index < -0.39 is 5.41 Å². The molecule has 132 valence electrons. The van der Waals surface area contributed by atoms with Crippen molar-refractivity contribution in [2.45, 2.75) is 27.2 Å². The zero-order valence-electron chi connectivity index (χ0n) is 14.8. The third kappa shape index (κ3) is 4.71. The van der Waals surface area contributed by atoms with Crippen molar-refractivity contribution in [3.63, 3.8) is 0 Å². The molecule has 1 heterocycles. The maximum Gasteiger partial charge on any atom is 0.229 e. The first-order valence-electron chi connectivity index (χ1n) is 8.15. The van der Waals surface area contributed by atoms with E-state index in [9.17, 15) is 9.59 Å².